The SMILES string of the molecule is CC(C)(C)C(CS)CSc1ccc(C(F)(F)F)cn1. The first-order valence-electron chi connectivity index (χ1n) is 5.91. The molecule has 0 saturated carbocycles. The lowest BCUT2D eigenvalue weighted by atomic mass is 9.83. The number of halogens is 3. The summed E-state index contributed by atoms with van der Waals surface area (Å²) in [4.78, 5) is 3.85. The third-order valence-corrected chi connectivity index (χ3v) is 4.49. The molecule has 1 aromatic heterocycles. The number of pyridine rings is 1. The molecule has 0 bridgehead atoms. The molecule has 0 N–H and O–H groups in total. The van der Waals surface area contributed by atoms with E-state index in [4.69, 9.17) is 0 Å². The molecule has 0 fully saturated rings. The molecule has 0 radical (unpaired) electrons. The van der Waals surface area contributed by atoms with Crippen LogP contribution in [0.4, 0.5) is 13.2 Å². The molecule has 0 aliphatic heterocycles. The van der Waals surface area contributed by atoms with Crippen molar-refractivity contribution in [1.29, 1.82) is 0 Å². The molecule has 19 heavy (non-hydrogen) atoms. The van der Waals surface area contributed by atoms with E-state index in [2.05, 4.69) is 38.4 Å². The molecule has 0 aliphatic rings. The van der Waals surface area contributed by atoms with Crippen molar-refractivity contribution in [1.82, 2.24) is 4.98 Å². The predicted octanol–water partition coefficient (Wildman–Crippen LogP) is 4.78. The van der Waals surface area contributed by atoms with Gasteiger partial charge in [0.25, 0.3) is 0 Å². The summed E-state index contributed by atoms with van der Waals surface area (Å²) in [5, 5.41) is 0.615. The summed E-state index contributed by atoms with van der Waals surface area (Å²) in [7, 11) is 0. The minimum Gasteiger partial charge on any atom is -0.249 e. The van der Waals surface area contributed by atoms with Crippen LogP contribution < -0.4 is 0 Å². The normalized spacial score (nSPS) is 14.5. The van der Waals surface area contributed by atoms with Crippen molar-refractivity contribution in [2.24, 2.45) is 11.3 Å². The molecule has 6 heteroatoms. The Bertz CT molecular complexity index is 396. The van der Waals surface area contributed by atoms with Crippen LogP contribution in [-0.2, 0) is 6.18 Å². The largest absolute Gasteiger partial charge is 0.417 e. The highest BCUT2D eigenvalue weighted by Crippen LogP contribution is 2.33. The van der Waals surface area contributed by atoms with Crippen molar-refractivity contribution in [2.75, 3.05) is 11.5 Å². The Labute approximate surface area is 121 Å². The van der Waals surface area contributed by atoms with E-state index in [0.717, 1.165) is 23.8 Å². The molecule has 0 saturated heterocycles. The van der Waals surface area contributed by atoms with E-state index in [9.17, 15) is 13.2 Å². The molecule has 0 aromatic carbocycles. The summed E-state index contributed by atoms with van der Waals surface area (Å²) in [5.41, 5.74) is -0.584. The summed E-state index contributed by atoms with van der Waals surface area (Å²) in [5.74, 6) is 1.92. The van der Waals surface area contributed by atoms with Crippen LogP contribution in [0.3, 0.4) is 0 Å². The van der Waals surface area contributed by atoms with Crippen LogP contribution in [0.25, 0.3) is 0 Å². The average molecular weight is 309 g/mol. The van der Waals surface area contributed by atoms with Crippen molar-refractivity contribution in [2.45, 2.75) is 32.0 Å². The quantitative estimate of drug-likeness (QED) is 0.634. The number of alkyl halides is 3. The Morgan fingerprint density at radius 2 is 1.89 bits per heavy atom. The molecule has 1 aromatic rings. The molecule has 0 aliphatic carbocycles. The van der Waals surface area contributed by atoms with Gasteiger partial charge in [0.15, 0.2) is 0 Å². The maximum Gasteiger partial charge on any atom is 0.417 e. The second-order valence-electron chi connectivity index (χ2n) is 5.44. The van der Waals surface area contributed by atoms with Gasteiger partial charge in [-0.2, -0.15) is 25.8 Å². The van der Waals surface area contributed by atoms with Crippen molar-refractivity contribution < 1.29 is 13.2 Å². The lowest BCUT2D eigenvalue weighted by Crippen LogP contribution is -2.24. The highest BCUT2D eigenvalue weighted by atomic mass is 32.2. The number of aromatic nitrogens is 1. The minimum atomic E-state index is -4.32. The zero-order valence-corrected chi connectivity index (χ0v) is 12.9. The van der Waals surface area contributed by atoms with Gasteiger partial charge in [-0.05, 0) is 29.2 Å². The topological polar surface area (TPSA) is 12.9 Å². The average Bonchev–Trinajstić information content (AvgIpc) is 2.27. The van der Waals surface area contributed by atoms with Crippen LogP contribution in [0.2, 0.25) is 0 Å². The maximum absolute atomic E-state index is 12.4. The van der Waals surface area contributed by atoms with Crippen molar-refractivity contribution >= 4 is 24.4 Å². The number of hydrogen-bond acceptors (Lipinski definition) is 3. The lowest BCUT2D eigenvalue weighted by molar-refractivity contribution is -0.137. The molecule has 0 spiro atoms. The van der Waals surface area contributed by atoms with E-state index >= 15 is 0 Å². The van der Waals surface area contributed by atoms with Crippen LogP contribution >= 0.6 is 24.4 Å². The fourth-order valence-electron chi connectivity index (χ4n) is 1.40. The van der Waals surface area contributed by atoms with E-state index in [1.165, 1.54) is 17.8 Å². The van der Waals surface area contributed by atoms with Gasteiger partial charge < -0.3 is 0 Å². The second-order valence-corrected chi connectivity index (χ2v) is 6.84. The first kappa shape index (κ1) is 16.7. The van der Waals surface area contributed by atoms with Crippen molar-refractivity contribution in [3.05, 3.63) is 23.9 Å². The molecule has 108 valence electrons. The molecular weight excluding hydrogens is 291 g/mol. The summed E-state index contributed by atoms with van der Waals surface area (Å²) in [6, 6.07) is 2.49. The van der Waals surface area contributed by atoms with Gasteiger partial charge in [0.1, 0.15) is 0 Å². The highest BCUT2D eigenvalue weighted by Gasteiger charge is 2.30. The zero-order valence-electron chi connectivity index (χ0n) is 11.2. The molecule has 1 heterocycles. The van der Waals surface area contributed by atoms with E-state index < -0.39 is 11.7 Å². The number of thioether (sulfide) groups is 1. The Morgan fingerprint density at radius 1 is 1.26 bits per heavy atom. The Morgan fingerprint density at radius 3 is 2.26 bits per heavy atom. The zero-order chi connectivity index (χ0) is 14.7. The smallest absolute Gasteiger partial charge is 0.249 e. The van der Waals surface area contributed by atoms with Gasteiger partial charge in [-0.25, -0.2) is 4.98 Å². The summed E-state index contributed by atoms with van der Waals surface area (Å²) >= 11 is 5.80. The van der Waals surface area contributed by atoms with Gasteiger partial charge in [-0.1, -0.05) is 20.8 Å². The first-order chi connectivity index (χ1) is 8.64. The van der Waals surface area contributed by atoms with E-state index in [1.54, 1.807) is 0 Å². The van der Waals surface area contributed by atoms with Gasteiger partial charge in [-0.3, -0.25) is 0 Å². The molecule has 1 rings (SSSR count). The number of nitrogens with zero attached hydrogens (tertiary/aromatic N) is 1. The molecule has 1 atom stereocenters. The van der Waals surface area contributed by atoms with E-state index in [-0.39, 0.29) is 5.41 Å². The minimum absolute atomic E-state index is 0.126. The van der Waals surface area contributed by atoms with Crippen LogP contribution in [0, 0.1) is 11.3 Å². The van der Waals surface area contributed by atoms with Gasteiger partial charge >= 0.3 is 6.18 Å². The third-order valence-electron chi connectivity index (χ3n) is 2.94. The Balaban J connectivity index is 2.64. The van der Waals surface area contributed by atoms with Crippen LogP contribution in [0.5, 0.6) is 0 Å². The fourth-order valence-corrected chi connectivity index (χ4v) is 3.53. The van der Waals surface area contributed by atoms with E-state index in [1.807, 2.05) is 0 Å². The number of thiol groups is 1. The van der Waals surface area contributed by atoms with Gasteiger partial charge in [-0.15, -0.1) is 11.8 Å². The molecule has 0 amide bonds. The molecule has 1 unspecified atom stereocenters. The predicted molar refractivity (Wildman–Crippen MR) is 76.8 cm³/mol. The van der Waals surface area contributed by atoms with Gasteiger partial charge in [0.05, 0.1) is 10.6 Å². The van der Waals surface area contributed by atoms with Crippen molar-refractivity contribution in [3.63, 3.8) is 0 Å². The number of rotatable bonds is 4. The lowest BCUT2D eigenvalue weighted by Gasteiger charge is -2.28. The van der Waals surface area contributed by atoms with Crippen LogP contribution in [-0.4, -0.2) is 16.5 Å². The molecule has 1 nitrogen and oxygen atoms in total. The number of hydrogen-bond donors (Lipinski definition) is 1. The summed E-state index contributed by atoms with van der Waals surface area (Å²) < 4.78 is 37.2. The fraction of sp³-hybridized carbons (Fsp3) is 0.615. The standard InChI is InChI=1S/C13H18F3NS2/c1-12(2,3)10(7-18)8-19-11-5-4-9(6-17-11)13(14,15)16/h4-6,10,18H,7-8H2,1-3H3. The maximum atomic E-state index is 12.4. The Hall–Kier alpha value is -0.360. The van der Waals surface area contributed by atoms with Crippen LogP contribution in [0.1, 0.15) is 26.3 Å². The first-order valence-corrected chi connectivity index (χ1v) is 7.53. The highest BCUT2D eigenvalue weighted by molar-refractivity contribution is 7.99. The van der Waals surface area contributed by atoms with Crippen LogP contribution in [0.15, 0.2) is 23.4 Å². The second kappa shape index (κ2) is 6.39. The summed E-state index contributed by atoms with van der Waals surface area (Å²) in [6.45, 7) is 6.40. The van der Waals surface area contributed by atoms with Crippen molar-refractivity contribution in [3.8, 4) is 0 Å². The van der Waals surface area contributed by atoms with Gasteiger partial charge in [0.2, 0.25) is 0 Å². The molecular formula is C13H18F3NS2. The van der Waals surface area contributed by atoms with E-state index in [0.29, 0.717) is 10.9 Å². The summed E-state index contributed by atoms with van der Waals surface area (Å²) in [6.07, 6.45) is -3.44. The monoisotopic (exact) mass is 309 g/mol. The third kappa shape index (κ3) is 5.26. The van der Waals surface area contributed by atoms with Gasteiger partial charge in [0, 0.05) is 11.9 Å². The Kier molecular flexibility index (Phi) is 5.62.